The van der Waals surface area contributed by atoms with E-state index in [0.29, 0.717) is 5.75 Å². The van der Waals surface area contributed by atoms with Crippen LogP contribution in [0.1, 0.15) is 44.4 Å². The molecule has 0 radical (unpaired) electrons. The molecular formula is C21H26N2O2. The van der Waals surface area contributed by atoms with Crippen LogP contribution in [0, 0.1) is 6.92 Å². The molecule has 4 heteroatoms. The Hall–Kier alpha value is -2.62. The van der Waals surface area contributed by atoms with Gasteiger partial charge in [-0.2, -0.15) is 5.10 Å². The molecule has 0 heterocycles. The van der Waals surface area contributed by atoms with Gasteiger partial charge in [0.2, 0.25) is 0 Å². The lowest BCUT2D eigenvalue weighted by Gasteiger charge is -2.19. The number of nitrogens with one attached hydrogen (secondary N) is 1. The lowest BCUT2D eigenvalue weighted by molar-refractivity contribution is -0.123. The average molecular weight is 338 g/mol. The van der Waals surface area contributed by atoms with Gasteiger partial charge in [0.1, 0.15) is 5.75 Å². The second-order valence-electron chi connectivity index (χ2n) is 7.16. The zero-order valence-electron chi connectivity index (χ0n) is 15.6. The van der Waals surface area contributed by atoms with Gasteiger partial charge in [0.25, 0.3) is 5.91 Å². The molecule has 132 valence electrons. The average Bonchev–Trinajstić information content (AvgIpc) is 2.58. The van der Waals surface area contributed by atoms with Crippen LogP contribution in [0.5, 0.6) is 5.75 Å². The van der Waals surface area contributed by atoms with Gasteiger partial charge in [-0.15, -0.1) is 0 Å². The van der Waals surface area contributed by atoms with Crippen LogP contribution in [0.25, 0.3) is 0 Å². The molecule has 2 aromatic carbocycles. The number of carbonyl (C=O) groups excluding carboxylic acids is 1. The van der Waals surface area contributed by atoms with Gasteiger partial charge in [-0.3, -0.25) is 4.79 Å². The van der Waals surface area contributed by atoms with Gasteiger partial charge >= 0.3 is 0 Å². The zero-order chi connectivity index (χ0) is 18.4. The monoisotopic (exact) mass is 338 g/mol. The van der Waals surface area contributed by atoms with Crippen molar-refractivity contribution in [2.75, 3.05) is 6.61 Å². The third kappa shape index (κ3) is 5.75. The van der Waals surface area contributed by atoms with E-state index in [9.17, 15) is 4.79 Å². The summed E-state index contributed by atoms with van der Waals surface area (Å²) in [5.74, 6) is 0.380. The molecule has 0 aliphatic heterocycles. The molecule has 0 unspecified atom stereocenters. The Balaban J connectivity index is 1.89. The molecule has 25 heavy (non-hydrogen) atoms. The summed E-state index contributed by atoms with van der Waals surface area (Å²) in [6.45, 7) is 10.3. The van der Waals surface area contributed by atoms with E-state index < -0.39 is 0 Å². The first-order valence-electron chi connectivity index (χ1n) is 8.39. The van der Waals surface area contributed by atoms with Gasteiger partial charge in [0.15, 0.2) is 6.61 Å². The van der Waals surface area contributed by atoms with E-state index in [2.05, 4.69) is 43.4 Å². The predicted octanol–water partition coefficient (Wildman–Crippen LogP) is 4.21. The lowest BCUT2D eigenvalue weighted by Crippen LogP contribution is -2.25. The fourth-order valence-corrected chi connectivity index (χ4v) is 2.24. The van der Waals surface area contributed by atoms with E-state index in [1.54, 1.807) is 0 Å². The van der Waals surface area contributed by atoms with E-state index in [-0.39, 0.29) is 17.9 Å². The third-order valence-corrected chi connectivity index (χ3v) is 3.91. The number of aryl methyl sites for hydroxylation is 1. The minimum Gasteiger partial charge on any atom is -0.484 e. The zero-order valence-corrected chi connectivity index (χ0v) is 15.6. The first-order chi connectivity index (χ1) is 11.8. The van der Waals surface area contributed by atoms with Crippen molar-refractivity contribution in [1.29, 1.82) is 0 Å². The molecule has 4 nitrogen and oxygen atoms in total. The van der Waals surface area contributed by atoms with Gasteiger partial charge in [-0.25, -0.2) is 5.43 Å². The number of carbonyl (C=O) groups is 1. The van der Waals surface area contributed by atoms with E-state index >= 15 is 0 Å². The van der Waals surface area contributed by atoms with Gasteiger partial charge in [-0.05, 0) is 42.5 Å². The highest BCUT2D eigenvalue weighted by Crippen LogP contribution is 2.22. The first kappa shape index (κ1) is 18.7. The minimum atomic E-state index is -0.286. The third-order valence-electron chi connectivity index (χ3n) is 3.91. The van der Waals surface area contributed by atoms with Crippen LogP contribution < -0.4 is 10.2 Å². The quantitative estimate of drug-likeness (QED) is 0.656. The van der Waals surface area contributed by atoms with Crippen molar-refractivity contribution >= 4 is 11.6 Å². The van der Waals surface area contributed by atoms with Crippen LogP contribution in [-0.2, 0) is 10.2 Å². The Morgan fingerprint density at radius 1 is 1.04 bits per heavy atom. The normalized spacial score (nSPS) is 12.0. The minimum absolute atomic E-state index is 0.0667. The van der Waals surface area contributed by atoms with E-state index in [1.165, 1.54) is 5.56 Å². The highest BCUT2D eigenvalue weighted by Gasteiger charge is 2.13. The predicted molar refractivity (Wildman–Crippen MR) is 102 cm³/mol. The number of rotatable bonds is 5. The molecule has 0 aliphatic carbocycles. The number of hydrazone groups is 1. The molecule has 0 spiro atoms. The maximum atomic E-state index is 11.9. The summed E-state index contributed by atoms with van der Waals surface area (Å²) in [4.78, 5) is 11.9. The SMILES string of the molecule is C/C(=N\NC(=O)COc1ccc(C)cc1)c1ccc(C(C)(C)C)cc1. The Bertz CT molecular complexity index is 739. The standard InChI is InChI=1S/C21H26N2O2/c1-15-6-12-19(13-7-15)25-14-20(24)23-22-16(2)17-8-10-18(11-9-17)21(3,4)5/h6-13H,14H2,1-5H3,(H,23,24)/b22-16+. The maximum absolute atomic E-state index is 11.9. The van der Waals surface area contributed by atoms with Crippen LogP contribution in [-0.4, -0.2) is 18.2 Å². The summed E-state index contributed by atoms with van der Waals surface area (Å²) in [7, 11) is 0. The Labute approximate surface area is 149 Å². The van der Waals surface area contributed by atoms with Crippen molar-refractivity contribution in [3.05, 3.63) is 65.2 Å². The van der Waals surface area contributed by atoms with Crippen LogP contribution in [0.15, 0.2) is 53.6 Å². The van der Waals surface area contributed by atoms with E-state index in [1.807, 2.05) is 50.2 Å². The number of hydrogen-bond donors (Lipinski definition) is 1. The van der Waals surface area contributed by atoms with Crippen LogP contribution in [0.2, 0.25) is 0 Å². The molecular weight excluding hydrogens is 312 g/mol. The topological polar surface area (TPSA) is 50.7 Å². The summed E-state index contributed by atoms with van der Waals surface area (Å²) >= 11 is 0. The molecule has 2 rings (SSSR count). The number of hydrogen-bond acceptors (Lipinski definition) is 3. The maximum Gasteiger partial charge on any atom is 0.277 e. The van der Waals surface area contributed by atoms with Crippen molar-refractivity contribution in [3.63, 3.8) is 0 Å². The van der Waals surface area contributed by atoms with Gasteiger partial charge in [-0.1, -0.05) is 62.7 Å². The molecule has 0 saturated carbocycles. The van der Waals surface area contributed by atoms with E-state index in [4.69, 9.17) is 4.74 Å². The van der Waals surface area contributed by atoms with E-state index in [0.717, 1.165) is 16.8 Å². The van der Waals surface area contributed by atoms with Crippen LogP contribution in [0.4, 0.5) is 0 Å². The molecule has 0 aliphatic rings. The number of ether oxygens (including phenoxy) is 1. The summed E-state index contributed by atoms with van der Waals surface area (Å²) in [5, 5.41) is 4.15. The van der Waals surface area contributed by atoms with Gasteiger partial charge in [0.05, 0.1) is 5.71 Å². The second kappa shape index (κ2) is 7.97. The molecule has 0 bridgehead atoms. The highest BCUT2D eigenvalue weighted by molar-refractivity contribution is 5.99. The molecule has 0 aromatic heterocycles. The molecule has 0 saturated heterocycles. The fraction of sp³-hybridized carbons (Fsp3) is 0.333. The Kier molecular flexibility index (Phi) is 5.97. The fourth-order valence-electron chi connectivity index (χ4n) is 2.24. The number of amides is 1. The summed E-state index contributed by atoms with van der Waals surface area (Å²) in [6.07, 6.45) is 0. The lowest BCUT2D eigenvalue weighted by atomic mass is 9.86. The largest absolute Gasteiger partial charge is 0.484 e. The van der Waals surface area contributed by atoms with Crippen LogP contribution >= 0.6 is 0 Å². The molecule has 1 N–H and O–H groups in total. The van der Waals surface area contributed by atoms with Gasteiger partial charge in [0, 0.05) is 0 Å². The Morgan fingerprint density at radius 2 is 1.64 bits per heavy atom. The van der Waals surface area contributed by atoms with Crippen molar-refractivity contribution in [3.8, 4) is 5.75 Å². The Morgan fingerprint density at radius 3 is 2.20 bits per heavy atom. The molecule has 0 fully saturated rings. The summed E-state index contributed by atoms with van der Waals surface area (Å²) in [5.41, 5.74) is 6.79. The summed E-state index contributed by atoms with van der Waals surface area (Å²) in [6, 6.07) is 15.8. The van der Waals surface area contributed by atoms with Gasteiger partial charge < -0.3 is 4.74 Å². The van der Waals surface area contributed by atoms with Crippen LogP contribution in [0.3, 0.4) is 0 Å². The number of benzene rings is 2. The molecule has 2 aromatic rings. The van der Waals surface area contributed by atoms with Crippen molar-refractivity contribution in [1.82, 2.24) is 5.43 Å². The molecule has 0 atom stereocenters. The van der Waals surface area contributed by atoms with Crippen molar-refractivity contribution in [2.24, 2.45) is 5.10 Å². The first-order valence-corrected chi connectivity index (χ1v) is 8.39. The summed E-state index contributed by atoms with van der Waals surface area (Å²) < 4.78 is 5.43. The second-order valence-corrected chi connectivity index (χ2v) is 7.16. The molecule has 1 amide bonds. The van der Waals surface area contributed by atoms with Crippen molar-refractivity contribution in [2.45, 2.75) is 40.0 Å². The van der Waals surface area contributed by atoms with Crippen molar-refractivity contribution < 1.29 is 9.53 Å². The number of nitrogens with zero attached hydrogens (tertiary/aromatic N) is 1. The highest BCUT2D eigenvalue weighted by atomic mass is 16.5. The smallest absolute Gasteiger partial charge is 0.277 e.